The highest BCUT2D eigenvalue weighted by atomic mass is 16.3. The summed E-state index contributed by atoms with van der Waals surface area (Å²) in [6, 6.07) is -0.141. The molecule has 6 heteroatoms. The van der Waals surface area contributed by atoms with Crippen LogP contribution in [0.5, 0.6) is 0 Å². The van der Waals surface area contributed by atoms with Gasteiger partial charge in [-0.3, -0.25) is 4.68 Å². The van der Waals surface area contributed by atoms with Gasteiger partial charge in [0.25, 0.3) is 0 Å². The predicted molar refractivity (Wildman–Crippen MR) is 90.2 cm³/mol. The van der Waals surface area contributed by atoms with E-state index in [-0.39, 0.29) is 12.1 Å². The fourth-order valence-electron chi connectivity index (χ4n) is 3.51. The number of aliphatic hydroxyl groups excluding tert-OH is 1. The van der Waals surface area contributed by atoms with E-state index < -0.39 is 0 Å². The minimum absolute atomic E-state index is 0.141. The van der Waals surface area contributed by atoms with E-state index in [0.717, 1.165) is 49.8 Å². The number of aliphatic hydroxyl groups is 1. The predicted octanol–water partition coefficient (Wildman–Crippen LogP) is 1.90. The number of aromatic nitrogens is 2. The highest BCUT2D eigenvalue weighted by molar-refractivity contribution is 5.73. The number of nitrogens with zero attached hydrogens (tertiary/aromatic N) is 2. The average Bonchev–Trinajstić information content (AvgIpc) is 2.85. The maximum absolute atomic E-state index is 12.0. The van der Waals surface area contributed by atoms with Gasteiger partial charge in [0.2, 0.25) is 0 Å². The van der Waals surface area contributed by atoms with Crippen molar-refractivity contribution in [2.24, 2.45) is 13.0 Å². The highest BCUT2D eigenvalue weighted by Gasteiger charge is 2.20. The Bertz CT molecular complexity index is 527. The molecule has 130 valence electrons. The van der Waals surface area contributed by atoms with Crippen LogP contribution in [0.1, 0.15) is 56.5 Å². The van der Waals surface area contributed by atoms with Crippen LogP contribution in [0.2, 0.25) is 0 Å². The number of carbonyl (C=O) groups is 1. The molecular formula is C17H30N4O2. The van der Waals surface area contributed by atoms with Gasteiger partial charge in [-0.1, -0.05) is 20.3 Å². The van der Waals surface area contributed by atoms with Crippen molar-refractivity contribution in [3.63, 3.8) is 0 Å². The lowest BCUT2D eigenvalue weighted by molar-refractivity contribution is 0.101. The number of aryl methyl sites for hydroxylation is 2. The summed E-state index contributed by atoms with van der Waals surface area (Å²) < 4.78 is 1.91. The van der Waals surface area contributed by atoms with E-state index in [1.54, 1.807) is 0 Å². The second-order valence-corrected chi connectivity index (χ2v) is 6.45. The van der Waals surface area contributed by atoms with Crippen LogP contribution in [0.25, 0.3) is 0 Å². The Kier molecular flexibility index (Phi) is 6.45. The molecule has 1 aliphatic rings. The fraction of sp³-hybridized carbons (Fsp3) is 0.765. The fourth-order valence-corrected chi connectivity index (χ4v) is 3.51. The van der Waals surface area contributed by atoms with Crippen LogP contribution in [0.15, 0.2) is 0 Å². The standard InChI is InChI=1S/C17H30N4O2/c1-4-15-14(16(5-2)21(3)20-15)11-19-17(23)18-10-12-7-6-8-13(22)9-12/h12-13,22H,4-11H2,1-3H3,(H2,18,19,23). The summed E-state index contributed by atoms with van der Waals surface area (Å²) in [6.07, 6.45) is 5.39. The third kappa shape index (κ3) is 4.70. The van der Waals surface area contributed by atoms with E-state index in [4.69, 9.17) is 0 Å². The monoisotopic (exact) mass is 322 g/mol. The first-order valence-corrected chi connectivity index (χ1v) is 8.78. The van der Waals surface area contributed by atoms with E-state index in [2.05, 4.69) is 29.6 Å². The third-order valence-electron chi connectivity index (χ3n) is 4.76. The van der Waals surface area contributed by atoms with Gasteiger partial charge in [0.1, 0.15) is 0 Å². The van der Waals surface area contributed by atoms with E-state index >= 15 is 0 Å². The molecule has 0 saturated heterocycles. The van der Waals surface area contributed by atoms with Crippen molar-refractivity contribution >= 4 is 6.03 Å². The molecule has 0 radical (unpaired) electrons. The van der Waals surface area contributed by atoms with Gasteiger partial charge < -0.3 is 15.7 Å². The average molecular weight is 322 g/mol. The van der Waals surface area contributed by atoms with Crippen molar-refractivity contribution in [2.75, 3.05) is 6.54 Å². The van der Waals surface area contributed by atoms with Crippen LogP contribution in [-0.4, -0.2) is 33.6 Å². The Balaban J connectivity index is 1.82. The molecule has 3 N–H and O–H groups in total. The molecule has 0 bridgehead atoms. The molecule has 1 aromatic rings. The zero-order chi connectivity index (χ0) is 16.8. The summed E-state index contributed by atoms with van der Waals surface area (Å²) in [5, 5.41) is 20.1. The SMILES string of the molecule is CCc1nn(C)c(CC)c1CNC(=O)NCC1CCCC(O)C1. The van der Waals surface area contributed by atoms with E-state index in [1.807, 2.05) is 11.7 Å². The summed E-state index contributed by atoms with van der Waals surface area (Å²) in [5.41, 5.74) is 3.37. The minimum Gasteiger partial charge on any atom is -0.393 e. The lowest BCUT2D eigenvalue weighted by Gasteiger charge is -2.25. The van der Waals surface area contributed by atoms with Gasteiger partial charge in [-0.15, -0.1) is 0 Å². The Morgan fingerprint density at radius 1 is 1.30 bits per heavy atom. The zero-order valence-corrected chi connectivity index (χ0v) is 14.6. The normalized spacial score (nSPS) is 21.2. The molecule has 2 atom stereocenters. The van der Waals surface area contributed by atoms with E-state index in [9.17, 15) is 9.90 Å². The molecule has 23 heavy (non-hydrogen) atoms. The van der Waals surface area contributed by atoms with Crippen molar-refractivity contribution in [1.29, 1.82) is 0 Å². The maximum Gasteiger partial charge on any atom is 0.315 e. The second kappa shape index (κ2) is 8.34. The van der Waals surface area contributed by atoms with Crippen molar-refractivity contribution in [3.8, 4) is 0 Å². The quantitative estimate of drug-likeness (QED) is 0.748. The topological polar surface area (TPSA) is 79.2 Å². The van der Waals surface area contributed by atoms with Crippen molar-refractivity contribution < 1.29 is 9.90 Å². The van der Waals surface area contributed by atoms with Gasteiger partial charge in [-0.05, 0) is 38.0 Å². The molecule has 0 aliphatic heterocycles. The Labute approximate surface area is 138 Å². The van der Waals surface area contributed by atoms with E-state index in [1.165, 1.54) is 5.69 Å². The first kappa shape index (κ1) is 17.8. The molecule has 0 spiro atoms. The zero-order valence-electron chi connectivity index (χ0n) is 14.6. The van der Waals surface area contributed by atoms with E-state index in [0.29, 0.717) is 19.0 Å². The van der Waals surface area contributed by atoms with Gasteiger partial charge in [0.15, 0.2) is 0 Å². The molecule has 2 rings (SSSR count). The molecule has 6 nitrogen and oxygen atoms in total. The van der Waals surface area contributed by atoms with Gasteiger partial charge in [-0.25, -0.2) is 4.79 Å². The number of carbonyl (C=O) groups excluding carboxylic acids is 1. The molecule has 2 unspecified atom stereocenters. The van der Waals surface area contributed by atoms with Gasteiger partial charge in [0.05, 0.1) is 11.8 Å². The minimum atomic E-state index is -0.201. The molecule has 1 saturated carbocycles. The number of hydrogen-bond acceptors (Lipinski definition) is 3. The van der Waals surface area contributed by atoms with Crippen LogP contribution < -0.4 is 10.6 Å². The molecular weight excluding hydrogens is 292 g/mol. The smallest absolute Gasteiger partial charge is 0.315 e. The summed E-state index contributed by atoms with van der Waals surface area (Å²) in [7, 11) is 1.95. The molecule has 1 aliphatic carbocycles. The number of nitrogens with one attached hydrogen (secondary N) is 2. The molecule has 0 aromatic carbocycles. The summed E-state index contributed by atoms with van der Waals surface area (Å²) in [4.78, 5) is 12.0. The van der Waals surface area contributed by atoms with Gasteiger partial charge >= 0.3 is 6.03 Å². The lowest BCUT2D eigenvalue weighted by atomic mass is 9.87. The maximum atomic E-state index is 12.0. The largest absolute Gasteiger partial charge is 0.393 e. The number of rotatable bonds is 6. The number of amides is 2. The van der Waals surface area contributed by atoms with Crippen molar-refractivity contribution in [3.05, 3.63) is 17.0 Å². The molecule has 2 amide bonds. The summed E-state index contributed by atoms with van der Waals surface area (Å²) in [5.74, 6) is 0.389. The van der Waals surface area contributed by atoms with Crippen LogP contribution in [-0.2, 0) is 26.4 Å². The third-order valence-corrected chi connectivity index (χ3v) is 4.76. The number of urea groups is 1. The van der Waals surface area contributed by atoms with Gasteiger partial charge in [-0.2, -0.15) is 5.10 Å². The second-order valence-electron chi connectivity index (χ2n) is 6.45. The van der Waals surface area contributed by atoms with Gasteiger partial charge in [0, 0.05) is 31.4 Å². The lowest BCUT2D eigenvalue weighted by Crippen LogP contribution is -2.39. The number of hydrogen-bond donors (Lipinski definition) is 3. The molecule has 1 fully saturated rings. The van der Waals surface area contributed by atoms with Crippen LogP contribution >= 0.6 is 0 Å². The van der Waals surface area contributed by atoms with Crippen molar-refractivity contribution in [1.82, 2.24) is 20.4 Å². The molecule has 1 aromatic heterocycles. The summed E-state index contributed by atoms with van der Waals surface area (Å²) >= 11 is 0. The Morgan fingerprint density at radius 3 is 2.74 bits per heavy atom. The van der Waals surface area contributed by atoms with Crippen LogP contribution in [0, 0.1) is 5.92 Å². The van der Waals surface area contributed by atoms with Crippen LogP contribution in [0.3, 0.4) is 0 Å². The first-order chi connectivity index (χ1) is 11.0. The molecule has 1 heterocycles. The summed E-state index contributed by atoms with van der Waals surface area (Å²) in [6.45, 7) is 5.34. The van der Waals surface area contributed by atoms with Crippen LogP contribution in [0.4, 0.5) is 4.79 Å². The highest BCUT2D eigenvalue weighted by Crippen LogP contribution is 2.23. The first-order valence-electron chi connectivity index (χ1n) is 8.78. The van der Waals surface area contributed by atoms with Crippen molar-refractivity contribution in [2.45, 2.75) is 65.0 Å². The Hall–Kier alpha value is -1.56. The Morgan fingerprint density at radius 2 is 2.09 bits per heavy atom.